The normalized spacial score (nSPS) is 15.5. The third kappa shape index (κ3) is 4.05. The van der Waals surface area contributed by atoms with Gasteiger partial charge in [0.2, 0.25) is 0 Å². The van der Waals surface area contributed by atoms with Gasteiger partial charge in [0.15, 0.2) is 5.78 Å². The quantitative estimate of drug-likeness (QED) is 0.511. The molecule has 104 valence electrons. The lowest BCUT2D eigenvalue weighted by atomic mass is 9.95. The van der Waals surface area contributed by atoms with Gasteiger partial charge in [-0.3, -0.25) is 9.59 Å². The predicted octanol–water partition coefficient (Wildman–Crippen LogP) is 1.00. The molecule has 6 heteroatoms. The highest BCUT2D eigenvalue weighted by Crippen LogP contribution is 2.23. The fourth-order valence-electron chi connectivity index (χ4n) is 1.62. The molecule has 5 nitrogen and oxygen atoms in total. The van der Waals surface area contributed by atoms with Crippen molar-refractivity contribution in [3.05, 3.63) is 35.9 Å². The van der Waals surface area contributed by atoms with Gasteiger partial charge in [0.05, 0.1) is 0 Å². The van der Waals surface area contributed by atoms with Gasteiger partial charge in [-0.15, -0.1) is 11.8 Å². The van der Waals surface area contributed by atoms with Crippen LogP contribution < -0.4 is 0 Å². The van der Waals surface area contributed by atoms with Crippen molar-refractivity contribution < 1.29 is 24.9 Å². The second-order valence-corrected chi connectivity index (χ2v) is 5.28. The number of hydrogen-bond donors (Lipinski definition) is 3. The number of Topliss-reactive ketones (excluding diaryl/α,β-unsaturated/α-hetero) is 1. The molecule has 0 radical (unpaired) electrons. The van der Waals surface area contributed by atoms with E-state index in [0.717, 1.165) is 11.8 Å². The summed E-state index contributed by atoms with van der Waals surface area (Å²) in [4.78, 5) is 23.1. The summed E-state index contributed by atoms with van der Waals surface area (Å²) in [7, 11) is 0. The molecule has 3 N–H and O–H groups in total. The van der Waals surface area contributed by atoms with Gasteiger partial charge in [-0.05, 0) is 5.75 Å². The smallest absolute Gasteiger partial charge is 0.313 e. The summed E-state index contributed by atoms with van der Waals surface area (Å²) in [5.41, 5.74) is -1.11. The van der Waals surface area contributed by atoms with E-state index in [-0.39, 0.29) is 5.56 Å². The molecule has 0 heterocycles. The molecule has 0 aliphatic rings. The van der Waals surface area contributed by atoms with Crippen molar-refractivity contribution >= 4 is 23.5 Å². The Morgan fingerprint density at radius 1 is 1.21 bits per heavy atom. The Morgan fingerprint density at radius 3 is 2.26 bits per heavy atom. The first-order valence-electron chi connectivity index (χ1n) is 5.78. The van der Waals surface area contributed by atoms with Gasteiger partial charge < -0.3 is 15.3 Å². The van der Waals surface area contributed by atoms with Crippen LogP contribution in [0.4, 0.5) is 0 Å². The van der Waals surface area contributed by atoms with Crippen molar-refractivity contribution in [3.8, 4) is 0 Å². The molecule has 1 aromatic carbocycles. The Morgan fingerprint density at radius 2 is 1.79 bits per heavy atom. The number of thioether (sulfide) groups is 1. The van der Waals surface area contributed by atoms with Gasteiger partial charge in [0, 0.05) is 5.56 Å². The van der Waals surface area contributed by atoms with E-state index in [0.29, 0.717) is 5.75 Å². The molecule has 0 amide bonds. The third-order valence-corrected chi connectivity index (χ3v) is 3.56. The molecule has 0 spiro atoms. The van der Waals surface area contributed by atoms with Crippen LogP contribution in [-0.2, 0) is 4.79 Å². The highest BCUT2D eigenvalue weighted by Gasteiger charge is 2.38. The maximum absolute atomic E-state index is 12.0. The number of aliphatic hydroxyl groups excluding tert-OH is 2. The van der Waals surface area contributed by atoms with E-state index in [1.165, 1.54) is 12.1 Å². The van der Waals surface area contributed by atoms with Crippen LogP contribution in [0, 0.1) is 5.92 Å². The number of carboxylic acid groups (broad SMARTS) is 1. The van der Waals surface area contributed by atoms with E-state index in [4.69, 9.17) is 5.11 Å². The summed E-state index contributed by atoms with van der Waals surface area (Å²) in [5.74, 6) is -3.16. The summed E-state index contributed by atoms with van der Waals surface area (Å²) in [6.07, 6.45) is -1.77. The van der Waals surface area contributed by atoms with Crippen molar-refractivity contribution in [1.82, 2.24) is 0 Å². The van der Waals surface area contributed by atoms with Gasteiger partial charge in [0.25, 0.3) is 0 Å². The van der Waals surface area contributed by atoms with Crippen LogP contribution in [0.25, 0.3) is 0 Å². The first-order chi connectivity index (χ1) is 8.99. The molecule has 1 rings (SSSR count). The van der Waals surface area contributed by atoms with Gasteiger partial charge in [0.1, 0.15) is 17.5 Å². The van der Waals surface area contributed by atoms with Crippen LogP contribution in [0.5, 0.6) is 0 Å². The van der Waals surface area contributed by atoms with E-state index in [2.05, 4.69) is 0 Å². The lowest BCUT2D eigenvalue weighted by Crippen LogP contribution is -2.41. The van der Waals surface area contributed by atoms with Crippen molar-refractivity contribution in [3.63, 3.8) is 0 Å². The van der Waals surface area contributed by atoms with E-state index >= 15 is 0 Å². The van der Waals surface area contributed by atoms with Crippen molar-refractivity contribution in [2.45, 2.75) is 18.5 Å². The monoisotopic (exact) mass is 284 g/mol. The van der Waals surface area contributed by atoms with E-state index in [9.17, 15) is 19.8 Å². The number of ketones is 1. The number of carbonyl (C=O) groups is 2. The topological polar surface area (TPSA) is 94.8 Å². The van der Waals surface area contributed by atoms with Crippen molar-refractivity contribution in [1.29, 1.82) is 0 Å². The molecule has 0 saturated heterocycles. The molecular weight excluding hydrogens is 268 g/mol. The largest absolute Gasteiger partial charge is 0.481 e. The molecule has 3 atom stereocenters. The van der Waals surface area contributed by atoms with E-state index < -0.39 is 29.2 Å². The summed E-state index contributed by atoms with van der Waals surface area (Å²) >= 11 is 0.971. The average molecular weight is 284 g/mol. The molecule has 3 unspecified atom stereocenters. The Labute approximate surface area is 115 Å². The van der Waals surface area contributed by atoms with Gasteiger partial charge in [-0.25, -0.2) is 0 Å². The van der Waals surface area contributed by atoms with Crippen molar-refractivity contribution in [2.75, 3.05) is 5.75 Å². The minimum absolute atomic E-state index is 0.218. The fourth-order valence-corrected chi connectivity index (χ4v) is 2.44. The first kappa shape index (κ1) is 15.7. The molecule has 0 aliphatic carbocycles. The van der Waals surface area contributed by atoms with Crippen LogP contribution in [0.15, 0.2) is 30.3 Å². The molecule has 0 fully saturated rings. The summed E-state index contributed by atoms with van der Waals surface area (Å²) in [6.45, 7) is 1.75. The van der Waals surface area contributed by atoms with Crippen LogP contribution in [0.3, 0.4) is 0 Å². The molecule has 0 aromatic heterocycles. The number of carbonyl (C=O) groups excluding carboxylic acids is 1. The molecular formula is C13H16O5S. The zero-order valence-electron chi connectivity index (χ0n) is 10.4. The highest BCUT2D eigenvalue weighted by atomic mass is 32.2. The minimum Gasteiger partial charge on any atom is -0.481 e. The van der Waals surface area contributed by atoms with Crippen LogP contribution >= 0.6 is 11.8 Å². The molecule has 0 saturated carbocycles. The predicted molar refractivity (Wildman–Crippen MR) is 72.0 cm³/mol. The second kappa shape index (κ2) is 7.28. The number of aliphatic hydroxyl groups is 2. The Kier molecular flexibility index (Phi) is 6.01. The van der Waals surface area contributed by atoms with Gasteiger partial charge >= 0.3 is 5.97 Å². The highest BCUT2D eigenvalue weighted by molar-refractivity contribution is 7.99. The average Bonchev–Trinajstić information content (AvgIpc) is 2.38. The Hall–Kier alpha value is -1.37. The van der Waals surface area contributed by atoms with Gasteiger partial charge in [-0.1, -0.05) is 37.3 Å². The summed E-state index contributed by atoms with van der Waals surface area (Å²) in [5, 5.41) is 28.7. The molecule has 19 heavy (non-hydrogen) atoms. The third-order valence-electron chi connectivity index (χ3n) is 2.60. The number of carboxylic acids is 1. The van der Waals surface area contributed by atoms with Crippen molar-refractivity contribution in [2.24, 2.45) is 5.92 Å². The summed E-state index contributed by atoms with van der Waals surface area (Å²) < 4.78 is 0. The zero-order valence-corrected chi connectivity index (χ0v) is 11.2. The van der Waals surface area contributed by atoms with E-state index in [1.807, 2.05) is 0 Å². The Bertz CT molecular complexity index is 434. The number of rotatable bonds is 7. The first-order valence-corrected chi connectivity index (χ1v) is 6.83. The van der Waals surface area contributed by atoms with E-state index in [1.54, 1.807) is 25.1 Å². The molecule has 1 aromatic rings. The number of benzene rings is 1. The SMILES string of the molecule is CCSC(O)C(C(=O)O)C(O)C(=O)c1ccccc1. The number of hydrogen-bond acceptors (Lipinski definition) is 5. The minimum atomic E-state index is -1.77. The standard InChI is InChI=1S/C13H16O5S/c1-2-19-13(18)9(12(16)17)11(15)10(14)8-6-4-3-5-7-8/h3-7,9,11,13,15,18H,2H2,1H3,(H,16,17). The Balaban J connectivity index is 2.91. The lowest BCUT2D eigenvalue weighted by molar-refractivity contribution is -0.147. The zero-order chi connectivity index (χ0) is 14.4. The van der Waals surface area contributed by atoms with Crippen LogP contribution in [0.1, 0.15) is 17.3 Å². The van der Waals surface area contributed by atoms with Crippen LogP contribution in [0.2, 0.25) is 0 Å². The second-order valence-electron chi connectivity index (χ2n) is 3.89. The fraction of sp³-hybridized carbons (Fsp3) is 0.385. The molecule has 0 aliphatic heterocycles. The lowest BCUT2D eigenvalue weighted by Gasteiger charge is -2.22. The summed E-state index contributed by atoms with van der Waals surface area (Å²) in [6, 6.07) is 7.92. The molecule has 0 bridgehead atoms. The maximum atomic E-state index is 12.0. The maximum Gasteiger partial charge on any atom is 0.313 e. The van der Waals surface area contributed by atoms with Gasteiger partial charge in [-0.2, -0.15) is 0 Å². The number of aliphatic carboxylic acids is 1. The van der Waals surface area contributed by atoms with Crippen LogP contribution in [-0.4, -0.2) is 44.4 Å².